The molecule has 0 saturated carbocycles. The summed E-state index contributed by atoms with van der Waals surface area (Å²) in [6.45, 7) is 6.90. The first-order valence-corrected chi connectivity index (χ1v) is 5.53. The van der Waals surface area contributed by atoms with E-state index in [-0.39, 0.29) is 0 Å². The van der Waals surface area contributed by atoms with Crippen molar-refractivity contribution in [3.05, 3.63) is 17.8 Å². The summed E-state index contributed by atoms with van der Waals surface area (Å²) in [7, 11) is -1.58. The molecule has 98 valence electrons. The third-order valence-corrected chi connectivity index (χ3v) is 2.03. The molecule has 1 amide bonds. The van der Waals surface area contributed by atoms with Crippen LogP contribution in [0.2, 0.25) is 0 Å². The number of aryl methyl sites for hydroxylation is 1. The molecule has 0 bridgehead atoms. The van der Waals surface area contributed by atoms with Crippen LogP contribution in [0, 0.1) is 6.92 Å². The fourth-order valence-corrected chi connectivity index (χ4v) is 1.32. The maximum atomic E-state index is 11.5. The van der Waals surface area contributed by atoms with Gasteiger partial charge in [0.05, 0.1) is 0 Å². The molecule has 0 aliphatic heterocycles. The van der Waals surface area contributed by atoms with Crippen molar-refractivity contribution in [3.63, 3.8) is 0 Å². The average Bonchev–Trinajstić information content (AvgIpc) is 2.13. The number of carbonyl (C=O) groups is 1. The molecule has 0 fully saturated rings. The van der Waals surface area contributed by atoms with Gasteiger partial charge in [0, 0.05) is 11.2 Å². The topological polar surface area (TPSA) is 91.7 Å². The van der Waals surface area contributed by atoms with Crippen molar-refractivity contribution in [3.8, 4) is 0 Å². The summed E-state index contributed by atoms with van der Waals surface area (Å²) in [5.74, 6) is 0.297. The highest BCUT2D eigenvalue weighted by molar-refractivity contribution is 6.59. The smallest absolute Gasteiger partial charge is 0.444 e. The van der Waals surface area contributed by atoms with Gasteiger partial charge in [-0.2, -0.15) is 0 Å². The normalized spacial score (nSPS) is 11.0. The van der Waals surface area contributed by atoms with Crippen molar-refractivity contribution in [2.24, 2.45) is 0 Å². The molecule has 1 rings (SSSR count). The van der Waals surface area contributed by atoms with Gasteiger partial charge in [-0.15, -0.1) is 0 Å². The molecule has 0 aliphatic rings. The van der Waals surface area contributed by atoms with E-state index in [4.69, 9.17) is 14.8 Å². The molecule has 0 atom stereocenters. The predicted octanol–water partition coefficient (Wildman–Crippen LogP) is 0.417. The maximum absolute atomic E-state index is 11.5. The van der Waals surface area contributed by atoms with Gasteiger partial charge in [0.1, 0.15) is 11.4 Å². The summed E-state index contributed by atoms with van der Waals surface area (Å²) < 4.78 is 5.07. The number of carbonyl (C=O) groups excluding carboxylic acids is 1. The van der Waals surface area contributed by atoms with Crippen molar-refractivity contribution in [2.75, 3.05) is 5.32 Å². The summed E-state index contributed by atoms with van der Waals surface area (Å²) in [6, 6.07) is 2.96. The summed E-state index contributed by atoms with van der Waals surface area (Å²) in [5, 5.41) is 20.5. The Morgan fingerprint density at radius 2 is 2.00 bits per heavy atom. The van der Waals surface area contributed by atoms with Gasteiger partial charge in [0.2, 0.25) is 0 Å². The molecule has 1 heterocycles. The number of pyridine rings is 1. The summed E-state index contributed by atoms with van der Waals surface area (Å²) in [5.41, 5.74) is 0.142. The molecule has 0 aromatic carbocycles. The van der Waals surface area contributed by atoms with Crippen molar-refractivity contribution < 1.29 is 19.6 Å². The second-order valence-corrected chi connectivity index (χ2v) is 4.87. The Kier molecular flexibility index (Phi) is 4.31. The van der Waals surface area contributed by atoms with Crippen molar-refractivity contribution in [2.45, 2.75) is 33.3 Å². The van der Waals surface area contributed by atoms with E-state index in [1.807, 2.05) is 0 Å². The number of aromatic nitrogens is 1. The zero-order chi connectivity index (χ0) is 13.9. The third-order valence-electron chi connectivity index (χ3n) is 2.03. The lowest BCUT2D eigenvalue weighted by atomic mass is 9.79. The number of anilines is 1. The first-order valence-electron chi connectivity index (χ1n) is 5.53. The minimum Gasteiger partial charge on any atom is -0.444 e. The Morgan fingerprint density at radius 1 is 1.39 bits per heavy atom. The first kappa shape index (κ1) is 14.5. The van der Waals surface area contributed by atoms with E-state index in [1.54, 1.807) is 27.7 Å². The third kappa shape index (κ3) is 4.35. The van der Waals surface area contributed by atoms with Crippen LogP contribution in [0.1, 0.15) is 26.5 Å². The number of nitrogens with one attached hydrogen (secondary N) is 1. The molecule has 0 spiro atoms. The first-order chi connectivity index (χ1) is 8.19. The second-order valence-electron chi connectivity index (χ2n) is 4.87. The lowest BCUT2D eigenvalue weighted by Gasteiger charge is -2.19. The number of rotatable bonds is 2. The van der Waals surface area contributed by atoms with Crippen LogP contribution in [0.25, 0.3) is 0 Å². The van der Waals surface area contributed by atoms with Crippen molar-refractivity contribution in [1.82, 2.24) is 4.98 Å². The van der Waals surface area contributed by atoms with E-state index >= 15 is 0 Å². The van der Waals surface area contributed by atoms with Gasteiger partial charge in [-0.3, -0.25) is 5.32 Å². The molecule has 0 radical (unpaired) electrons. The summed E-state index contributed by atoms with van der Waals surface area (Å²) in [6.07, 6.45) is -0.605. The Labute approximate surface area is 106 Å². The van der Waals surface area contributed by atoms with Crippen molar-refractivity contribution >= 4 is 24.5 Å². The maximum Gasteiger partial charge on any atom is 0.490 e. The Balaban J connectivity index is 2.75. The lowest BCUT2D eigenvalue weighted by molar-refractivity contribution is 0.0635. The SMILES string of the molecule is Cc1nc(NC(=O)OC(C)(C)C)ccc1B(O)O. The second kappa shape index (κ2) is 5.37. The van der Waals surface area contributed by atoms with E-state index in [1.165, 1.54) is 12.1 Å². The van der Waals surface area contributed by atoms with E-state index in [0.29, 0.717) is 17.0 Å². The van der Waals surface area contributed by atoms with E-state index < -0.39 is 18.8 Å². The van der Waals surface area contributed by atoms with Crippen LogP contribution >= 0.6 is 0 Å². The average molecular weight is 252 g/mol. The van der Waals surface area contributed by atoms with Gasteiger partial charge in [-0.05, 0) is 33.8 Å². The molecule has 0 aliphatic carbocycles. The number of nitrogens with zero attached hydrogens (tertiary/aromatic N) is 1. The zero-order valence-corrected chi connectivity index (χ0v) is 10.9. The van der Waals surface area contributed by atoms with Crippen LogP contribution < -0.4 is 10.8 Å². The predicted molar refractivity (Wildman–Crippen MR) is 68.7 cm³/mol. The molecular weight excluding hydrogens is 235 g/mol. The zero-order valence-electron chi connectivity index (χ0n) is 10.9. The fourth-order valence-electron chi connectivity index (χ4n) is 1.32. The van der Waals surface area contributed by atoms with Crippen LogP contribution in [0.15, 0.2) is 12.1 Å². The summed E-state index contributed by atoms with van der Waals surface area (Å²) in [4.78, 5) is 15.5. The largest absolute Gasteiger partial charge is 0.490 e. The lowest BCUT2D eigenvalue weighted by Crippen LogP contribution is -2.33. The molecule has 3 N–H and O–H groups in total. The van der Waals surface area contributed by atoms with E-state index in [9.17, 15) is 4.79 Å². The number of ether oxygens (including phenoxy) is 1. The van der Waals surface area contributed by atoms with Gasteiger partial charge in [-0.25, -0.2) is 9.78 Å². The van der Waals surface area contributed by atoms with Crippen molar-refractivity contribution in [1.29, 1.82) is 0 Å². The van der Waals surface area contributed by atoms with Gasteiger partial charge < -0.3 is 14.8 Å². The van der Waals surface area contributed by atoms with Gasteiger partial charge in [0.25, 0.3) is 0 Å². The highest BCUT2D eigenvalue weighted by atomic mass is 16.6. The Bertz CT molecular complexity index is 443. The molecule has 0 saturated heterocycles. The van der Waals surface area contributed by atoms with Gasteiger partial charge in [0.15, 0.2) is 0 Å². The van der Waals surface area contributed by atoms with Crippen LogP contribution in [-0.4, -0.2) is 33.8 Å². The van der Waals surface area contributed by atoms with Gasteiger partial charge in [-0.1, -0.05) is 6.07 Å². The van der Waals surface area contributed by atoms with E-state index in [2.05, 4.69) is 10.3 Å². The summed E-state index contributed by atoms with van der Waals surface area (Å²) >= 11 is 0. The molecule has 18 heavy (non-hydrogen) atoms. The fraction of sp³-hybridized carbons (Fsp3) is 0.455. The molecule has 7 heteroatoms. The molecule has 0 unspecified atom stereocenters. The molecule has 1 aromatic rings. The minimum atomic E-state index is -1.58. The minimum absolute atomic E-state index is 0.296. The van der Waals surface area contributed by atoms with Crippen LogP contribution in [-0.2, 0) is 4.74 Å². The number of hydrogen-bond acceptors (Lipinski definition) is 5. The monoisotopic (exact) mass is 252 g/mol. The Morgan fingerprint density at radius 3 is 2.44 bits per heavy atom. The standard InChI is InChI=1S/C11H17BN2O4/c1-7-8(12(16)17)5-6-9(13-7)14-10(15)18-11(2,3)4/h5-6,16-17H,1-4H3,(H,13,14,15). The highest BCUT2D eigenvalue weighted by Crippen LogP contribution is 2.10. The van der Waals surface area contributed by atoms with Gasteiger partial charge >= 0.3 is 13.2 Å². The van der Waals surface area contributed by atoms with E-state index in [0.717, 1.165) is 0 Å². The van der Waals surface area contributed by atoms with Crippen LogP contribution in [0.5, 0.6) is 0 Å². The number of hydrogen-bond donors (Lipinski definition) is 3. The quantitative estimate of drug-likeness (QED) is 0.663. The highest BCUT2D eigenvalue weighted by Gasteiger charge is 2.18. The van der Waals surface area contributed by atoms with Crippen LogP contribution in [0.3, 0.4) is 0 Å². The van der Waals surface area contributed by atoms with Crippen LogP contribution in [0.4, 0.5) is 10.6 Å². The molecule has 6 nitrogen and oxygen atoms in total. The molecule has 1 aromatic heterocycles. The number of amides is 1. The molecular formula is C11H17BN2O4. The Hall–Kier alpha value is -1.60.